The van der Waals surface area contributed by atoms with Gasteiger partial charge in [0.2, 0.25) is 0 Å². The molecule has 0 aliphatic rings. The minimum Gasteiger partial charge on any atom is -0.259 e. The number of hydrogen-bond donors (Lipinski definition) is 0. The van der Waals surface area contributed by atoms with Crippen LogP contribution in [0.1, 0.15) is 5.69 Å². The maximum atomic E-state index is 4.12. The summed E-state index contributed by atoms with van der Waals surface area (Å²) in [5, 5.41) is 0. The quantitative estimate of drug-likeness (QED) is 0.671. The lowest BCUT2D eigenvalue weighted by Crippen LogP contribution is -1.83. The van der Waals surface area contributed by atoms with E-state index in [4.69, 9.17) is 0 Å². The van der Waals surface area contributed by atoms with Crippen LogP contribution in [0.4, 0.5) is 0 Å². The predicted molar refractivity (Wildman–Crippen MR) is 49.4 cm³/mol. The molecule has 0 spiro atoms. The van der Waals surface area contributed by atoms with Crippen LogP contribution in [0.3, 0.4) is 0 Å². The van der Waals surface area contributed by atoms with E-state index < -0.39 is 0 Å². The summed E-state index contributed by atoms with van der Waals surface area (Å²) < 4.78 is 2.24. The zero-order valence-corrected chi connectivity index (χ0v) is 8.60. The highest BCUT2D eigenvalue weighted by Gasteiger charge is 1.93. The number of hydrogen-bond acceptors (Lipinski definition) is 1. The SMILES string of the molecule is Cc1ncc(Br)cc1I. The summed E-state index contributed by atoms with van der Waals surface area (Å²) in [6, 6.07) is 2.04. The monoisotopic (exact) mass is 297 g/mol. The van der Waals surface area contributed by atoms with Gasteiger partial charge in [-0.25, -0.2) is 0 Å². The van der Waals surface area contributed by atoms with Crippen molar-refractivity contribution in [3.63, 3.8) is 0 Å². The minimum atomic E-state index is 1.04. The summed E-state index contributed by atoms with van der Waals surface area (Å²) in [6.07, 6.45) is 1.80. The normalized spacial score (nSPS) is 9.67. The van der Waals surface area contributed by atoms with Gasteiger partial charge in [-0.3, -0.25) is 4.98 Å². The fraction of sp³-hybridized carbons (Fsp3) is 0.167. The fourth-order valence-corrected chi connectivity index (χ4v) is 1.72. The van der Waals surface area contributed by atoms with E-state index in [1.54, 1.807) is 6.20 Å². The van der Waals surface area contributed by atoms with Gasteiger partial charge < -0.3 is 0 Å². The Labute approximate surface area is 76.1 Å². The molecule has 0 fully saturated rings. The Balaban J connectivity index is 3.17. The first-order valence-electron chi connectivity index (χ1n) is 2.48. The molecular weight excluding hydrogens is 293 g/mol. The second-order valence-corrected chi connectivity index (χ2v) is 3.80. The molecule has 9 heavy (non-hydrogen) atoms. The van der Waals surface area contributed by atoms with Gasteiger partial charge in [0.05, 0.1) is 5.69 Å². The molecule has 0 aromatic carbocycles. The third-order valence-corrected chi connectivity index (χ3v) is 2.52. The van der Waals surface area contributed by atoms with E-state index in [0.717, 1.165) is 10.2 Å². The highest BCUT2D eigenvalue weighted by atomic mass is 127. The van der Waals surface area contributed by atoms with Gasteiger partial charge in [0.15, 0.2) is 0 Å². The molecule has 0 N–H and O–H groups in total. The van der Waals surface area contributed by atoms with E-state index in [1.807, 2.05) is 13.0 Å². The molecule has 0 unspecified atom stereocenters. The molecule has 0 atom stereocenters. The van der Waals surface area contributed by atoms with E-state index in [2.05, 4.69) is 43.5 Å². The van der Waals surface area contributed by atoms with Crippen LogP contribution in [0.15, 0.2) is 16.7 Å². The van der Waals surface area contributed by atoms with Crippen molar-refractivity contribution in [3.8, 4) is 0 Å². The van der Waals surface area contributed by atoms with Crippen LogP contribution < -0.4 is 0 Å². The first kappa shape index (κ1) is 7.47. The van der Waals surface area contributed by atoms with Crippen molar-refractivity contribution in [3.05, 3.63) is 26.0 Å². The summed E-state index contributed by atoms with van der Waals surface area (Å²) in [7, 11) is 0. The maximum absolute atomic E-state index is 4.12. The number of rotatable bonds is 0. The van der Waals surface area contributed by atoms with E-state index in [-0.39, 0.29) is 0 Å². The van der Waals surface area contributed by atoms with Crippen molar-refractivity contribution in [1.82, 2.24) is 4.98 Å². The Morgan fingerprint density at radius 1 is 1.67 bits per heavy atom. The second-order valence-electron chi connectivity index (χ2n) is 1.72. The zero-order valence-electron chi connectivity index (χ0n) is 4.86. The van der Waals surface area contributed by atoms with Crippen LogP contribution in [-0.2, 0) is 0 Å². The molecule has 0 bridgehead atoms. The summed E-state index contributed by atoms with van der Waals surface area (Å²) in [6.45, 7) is 1.99. The summed E-state index contributed by atoms with van der Waals surface area (Å²) in [4.78, 5) is 4.12. The minimum absolute atomic E-state index is 1.04. The van der Waals surface area contributed by atoms with Gasteiger partial charge in [-0.1, -0.05) is 0 Å². The molecule has 1 aromatic heterocycles. The molecular formula is C6H5BrIN. The van der Waals surface area contributed by atoms with Crippen molar-refractivity contribution in [2.24, 2.45) is 0 Å². The Hall–Kier alpha value is 0.360. The van der Waals surface area contributed by atoms with E-state index in [0.29, 0.717) is 0 Å². The van der Waals surface area contributed by atoms with Crippen molar-refractivity contribution in [2.45, 2.75) is 6.92 Å². The summed E-state index contributed by atoms with van der Waals surface area (Å²) >= 11 is 5.59. The zero-order chi connectivity index (χ0) is 6.85. The molecule has 1 heterocycles. The maximum Gasteiger partial charge on any atom is 0.0506 e. The second kappa shape index (κ2) is 2.96. The van der Waals surface area contributed by atoms with Crippen molar-refractivity contribution < 1.29 is 0 Å². The Kier molecular flexibility index (Phi) is 2.46. The largest absolute Gasteiger partial charge is 0.259 e. The molecule has 1 aromatic rings. The first-order valence-corrected chi connectivity index (χ1v) is 4.35. The van der Waals surface area contributed by atoms with Crippen LogP contribution in [0, 0.1) is 10.5 Å². The molecule has 1 nitrogen and oxygen atoms in total. The molecule has 0 amide bonds. The van der Waals surface area contributed by atoms with Gasteiger partial charge in [0, 0.05) is 14.2 Å². The smallest absolute Gasteiger partial charge is 0.0506 e. The average Bonchev–Trinajstić information content (AvgIpc) is 1.80. The summed E-state index contributed by atoms with van der Waals surface area (Å²) in [5.41, 5.74) is 1.08. The van der Waals surface area contributed by atoms with Crippen molar-refractivity contribution in [1.29, 1.82) is 0 Å². The van der Waals surface area contributed by atoms with E-state index >= 15 is 0 Å². The van der Waals surface area contributed by atoms with Crippen molar-refractivity contribution >= 4 is 38.5 Å². The van der Waals surface area contributed by atoms with Crippen LogP contribution in [0.5, 0.6) is 0 Å². The summed E-state index contributed by atoms with van der Waals surface area (Å²) in [5.74, 6) is 0. The number of aryl methyl sites for hydroxylation is 1. The lowest BCUT2D eigenvalue weighted by atomic mass is 10.4. The Morgan fingerprint density at radius 3 is 2.78 bits per heavy atom. The molecule has 0 aliphatic heterocycles. The fourth-order valence-electron chi connectivity index (χ4n) is 0.483. The third-order valence-electron chi connectivity index (χ3n) is 0.992. The van der Waals surface area contributed by atoms with E-state index in [1.165, 1.54) is 3.57 Å². The topological polar surface area (TPSA) is 12.9 Å². The molecule has 0 radical (unpaired) electrons. The van der Waals surface area contributed by atoms with Gasteiger partial charge in [-0.05, 0) is 51.5 Å². The highest BCUT2D eigenvalue weighted by molar-refractivity contribution is 14.1. The van der Waals surface area contributed by atoms with Crippen LogP contribution in [0.25, 0.3) is 0 Å². The molecule has 3 heteroatoms. The van der Waals surface area contributed by atoms with Crippen LogP contribution in [-0.4, -0.2) is 4.98 Å². The standard InChI is InChI=1S/C6H5BrIN/c1-4-6(8)2-5(7)3-9-4/h2-3H,1H3. The third kappa shape index (κ3) is 1.89. The number of nitrogens with zero attached hydrogens (tertiary/aromatic N) is 1. The van der Waals surface area contributed by atoms with Gasteiger partial charge >= 0.3 is 0 Å². The van der Waals surface area contributed by atoms with Gasteiger partial charge in [-0.2, -0.15) is 0 Å². The molecule has 0 saturated carbocycles. The van der Waals surface area contributed by atoms with E-state index in [9.17, 15) is 0 Å². The molecule has 48 valence electrons. The van der Waals surface area contributed by atoms with Gasteiger partial charge in [0.1, 0.15) is 0 Å². The van der Waals surface area contributed by atoms with Crippen molar-refractivity contribution in [2.75, 3.05) is 0 Å². The van der Waals surface area contributed by atoms with Gasteiger partial charge in [-0.15, -0.1) is 0 Å². The predicted octanol–water partition coefficient (Wildman–Crippen LogP) is 2.76. The number of aromatic nitrogens is 1. The molecule has 0 aliphatic carbocycles. The number of halogens is 2. The van der Waals surface area contributed by atoms with Crippen LogP contribution >= 0.6 is 38.5 Å². The average molecular weight is 298 g/mol. The lowest BCUT2D eigenvalue weighted by Gasteiger charge is -1.94. The molecule has 1 rings (SSSR count). The van der Waals surface area contributed by atoms with Gasteiger partial charge in [0.25, 0.3) is 0 Å². The highest BCUT2D eigenvalue weighted by Crippen LogP contribution is 2.14. The molecule has 0 saturated heterocycles. The Morgan fingerprint density at radius 2 is 2.33 bits per heavy atom. The van der Waals surface area contributed by atoms with Crippen LogP contribution in [0.2, 0.25) is 0 Å². The lowest BCUT2D eigenvalue weighted by molar-refractivity contribution is 1.17. The Bertz CT molecular complexity index is 224. The number of pyridine rings is 1. The first-order chi connectivity index (χ1) is 4.20.